The highest BCUT2D eigenvalue weighted by atomic mass is 32.2. The third-order valence-electron chi connectivity index (χ3n) is 5.01. The number of aliphatic hydroxyl groups is 1. The number of aliphatic hydroxyl groups excluding tert-OH is 1. The molecule has 2 aliphatic carbocycles. The molecule has 2 bridgehead atoms. The molecule has 0 saturated heterocycles. The summed E-state index contributed by atoms with van der Waals surface area (Å²) >= 11 is 1.85. The van der Waals surface area contributed by atoms with E-state index in [0.29, 0.717) is 10.7 Å². The highest BCUT2D eigenvalue weighted by Gasteiger charge is 2.65. The minimum atomic E-state index is -0.0868. The zero-order valence-corrected chi connectivity index (χ0v) is 9.82. The molecule has 0 aromatic rings. The average Bonchev–Trinajstić information content (AvgIpc) is 2.36. The summed E-state index contributed by atoms with van der Waals surface area (Å²) in [5, 5.41) is 10.7. The highest BCUT2D eigenvalue weighted by molar-refractivity contribution is 7.99. The van der Waals surface area contributed by atoms with Gasteiger partial charge in [0.05, 0.1) is 6.10 Å². The Kier molecular flexibility index (Phi) is 2.02. The molecule has 0 heterocycles. The van der Waals surface area contributed by atoms with Crippen molar-refractivity contribution < 1.29 is 5.11 Å². The van der Waals surface area contributed by atoms with Crippen LogP contribution in [-0.2, 0) is 0 Å². The monoisotopic (exact) mass is 200 g/mol. The topological polar surface area (TPSA) is 20.2 Å². The molecule has 2 heteroatoms. The maximum absolute atomic E-state index is 10.3. The minimum Gasteiger partial charge on any atom is -0.391 e. The van der Waals surface area contributed by atoms with Gasteiger partial charge in [0.25, 0.3) is 0 Å². The van der Waals surface area contributed by atoms with Gasteiger partial charge < -0.3 is 5.11 Å². The van der Waals surface area contributed by atoms with Crippen molar-refractivity contribution in [3.63, 3.8) is 0 Å². The van der Waals surface area contributed by atoms with Crippen LogP contribution in [-0.4, -0.2) is 22.7 Å². The smallest absolute Gasteiger partial charge is 0.0720 e. The van der Waals surface area contributed by atoms with E-state index in [4.69, 9.17) is 0 Å². The van der Waals surface area contributed by atoms with Gasteiger partial charge in [-0.15, -0.1) is 0 Å². The maximum Gasteiger partial charge on any atom is 0.0720 e. The summed E-state index contributed by atoms with van der Waals surface area (Å²) in [6, 6.07) is 0. The Labute approximate surface area is 85.3 Å². The van der Waals surface area contributed by atoms with Gasteiger partial charge in [-0.05, 0) is 35.8 Å². The van der Waals surface area contributed by atoms with Crippen LogP contribution in [0.3, 0.4) is 0 Å². The maximum atomic E-state index is 10.3. The van der Waals surface area contributed by atoms with E-state index < -0.39 is 0 Å². The number of fused-ring (bicyclic) bond motifs is 2. The molecule has 0 spiro atoms. The van der Waals surface area contributed by atoms with E-state index in [1.54, 1.807) is 0 Å². The van der Waals surface area contributed by atoms with Crippen LogP contribution in [0.15, 0.2) is 0 Å². The summed E-state index contributed by atoms with van der Waals surface area (Å²) in [5.41, 5.74) is 0.505. The molecule has 0 radical (unpaired) electrons. The highest BCUT2D eigenvalue weighted by Crippen LogP contribution is 2.67. The van der Waals surface area contributed by atoms with Gasteiger partial charge in [0.15, 0.2) is 0 Å². The summed E-state index contributed by atoms with van der Waals surface area (Å²) in [7, 11) is 0. The van der Waals surface area contributed by atoms with Crippen molar-refractivity contribution in [3.8, 4) is 0 Å². The summed E-state index contributed by atoms with van der Waals surface area (Å²) in [6.45, 7) is 6.95. The van der Waals surface area contributed by atoms with Gasteiger partial charge >= 0.3 is 0 Å². The van der Waals surface area contributed by atoms with E-state index in [-0.39, 0.29) is 11.5 Å². The van der Waals surface area contributed by atoms with Crippen molar-refractivity contribution in [1.82, 2.24) is 0 Å². The van der Waals surface area contributed by atoms with E-state index in [0.717, 1.165) is 5.92 Å². The molecule has 3 unspecified atom stereocenters. The van der Waals surface area contributed by atoms with E-state index in [1.165, 1.54) is 12.8 Å². The summed E-state index contributed by atoms with van der Waals surface area (Å²) < 4.78 is 0. The fourth-order valence-corrected chi connectivity index (χ4v) is 4.90. The third kappa shape index (κ3) is 0.940. The quantitative estimate of drug-likeness (QED) is 0.702. The lowest BCUT2D eigenvalue weighted by Gasteiger charge is -2.37. The first-order valence-electron chi connectivity index (χ1n) is 5.16. The molecule has 13 heavy (non-hydrogen) atoms. The Hall–Kier alpha value is 0.310. The van der Waals surface area contributed by atoms with E-state index in [9.17, 15) is 5.11 Å². The van der Waals surface area contributed by atoms with Crippen LogP contribution in [0.2, 0.25) is 0 Å². The molecule has 0 aromatic heterocycles. The van der Waals surface area contributed by atoms with Gasteiger partial charge in [-0.2, -0.15) is 11.8 Å². The molecule has 4 atom stereocenters. The van der Waals surface area contributed by atoms with Crippen molar-refractivity contribution in [1.29, 1.82) is 0 Å². The number of thioether (sulfide) groups is 1. The van der Waals surface area contributed by atoms with Crippen LogP contribution in [0.5, 0.6) is 0 Å². The predicted molar refractivity (Wildman–Crippen MR) is 57.9 cm³/mol. The van der Waals surface area contributed by atoms with E-state index in [1.807, 2.05) is 11.8 Å². The van der Waals surface area contributed by atoms with Gasteiger partial charge in [0.2, 0.25) is 0 Å². The third-order valence-corrected chi connectivity index (χ3v) is 6.14. The Morgan fingerprint density at radius 3 is 2.23 bits per heavy atom. The molecule has 2 saturated carbocycles. The second kappa shape index (κ2) is 2.66. The van der Waals surface area contributed by atoms with Crippen LogP contribution < -0.4 is 0 Å². The first-order chi connectivity index (χ1) is 5.95. The lowest BCUT2D eigenvalue weighted by Crippen LogP contribution is -2.38. The SMILES string of the molecule is CSC1C2CC[C@@](C)(C1O)C2(C)C. The Bertz CT molecular complexity index is 226. The zero-order chi connectivity index (χ0) is 9.85. The average molecular weight is 200 g/mol. The van der Waals surface area contributed by atoms with Gasteiger partial charge in [0.1, 0.15) is 0 Å². The van der Waals surface area contributed by atoms with Crippen LogP contribution in [0.1, 0.15) is 33.6 Å². The molecule has 2 rings (SSSR count). The number of rotatable bonds is 1. The molecule has 76 valence electrons. The normalized spacial score (nSPS) is 52.8. The molecule has 2 fully saturated rings. The van der Waals surface area contributed by atoms with Crippen molar-refractivity contribution in [3.05, 3.63) is 0 Å². The molecule has 0 aliphatic heterocycles. The van der Waals surface area contributed by atoms with Crippen molar-refractivity contribution in [2.75, 3.05) is 6.26 Å². The van der Waals surface area contributed by atoms with Crippen LogP contribution in [0.25, 0.3) is 0 Å². The summed E-state index contributed by atoms with van der Waals surface area (Å²) in [4.78, 5) is 0. The van der Waals surface area contributed by atoms with E-state index >= 15 is 0 Å². The Morgan fingerprint density at radius 2 is 1.92 bits per heavy atom. The fourth-order valence-electron chi connectivity index (χ4n) is 3.54. The van der Waals surface area contributed by atoms with Crippen LogP contribution >= 0.6 is 11.8 Å². The van der Waals surface area contributed by atoms with Gasteiger partial charge in [-0.1, -0.05) is 20.8 Å². The van der Waals surface area contributed by atoms with E-state index in [2.05, 4.69) is 27.0 Å². The molecule has 0 amide bonds. The minimum absolute atomic E-state index is 0.0868. The lowest BCUT2D eigenvalue weighted by molar-refractivity contribution is 0.0148. The summed E-state index contributed by atoms with van der Waals surface area (Å²) in [6.07, 6.45) is 4.57. The van der Waals surface area contributed by atoms with Crippen molar-refractivity contribution in [2.24, 2.45) is 16.7 Å². The second-order valence-corrected chi connectivity index (χ2v) is 6.45. The van der Waals surface area contributed by atoms with Crippen molar-refractivity contribution in [2.45, 2.75) is 45.0 Å². The molecule has 1 nitrogen and oxygen atoms in total. The predicted octanol–water partition coefficient (Wildman–Crippen LogP) is 2.54. The zero-order valence-electron chi connectivity index (χ0n) is 9.00. The lowest BCUT2D eigenvalue weighted by atomic mass is 9.70. The molecule has 1 N–H and O–H groups in total. The first-order valence-corrected chi connectivity index (χ1v) is 6.45. The largest absolute Gasteiger partial charge is 0.391 e. The molecule has 0 aromatic carbocycles. The fraction of sp³-hybridized carbons (Fsp3) is 1.00. The van der Waals surface area contributed by atoms with Crippen LogP contribution in [0, 0.1) is 16.7 Å². The standard InChI is InChI=1S/C11H20OS/c1-10(2)7-5-6-11(10,3)9(12)8(7)13-4/h7-9,12H,5-6H2,1-4H3/t7?,8?,9?,11-/m0/s1. The summed E-state index contributed by atoms with van der Waals surface area (Å²) in [5.74, 6) is 0.725. The van der Waals surface area contributed by atoms with Gasteiger partial charge in [0, 0.05) is 5.25 Å². The van der Waals surface area contributed by atoms with Gasteiger partial charge in [-0.3, -0.25) is 0 Å². The first kappa shape index (κ1) is 9.85. The number of hydrogen-bond donors (Lipinski definition) is 1. The van der Waals surface area contributed by atoms with Gasteiger partial charge in [-0.25, -0.2) is 0 Å². The van der Waals surface area contributed by atoms with Crippen molar-refractivity contribution >= 4 is 11.8 Å². The Balaban J connectivity index is 2.39. The molecular weight excluding hydrogens is 180 g/mol. The Morgan fingerprint density at radius 1 is 1.31 bits per heavy atom. The number of hydrogen-bond acceptors (Lipinski definition) is 2. The second-order valence-electron chi connectivity index (χ2n) is 5.43. The van der Waals surface area contributed by atoms with Crippen LogP contribution in [0.4, 0.5) is 0 Å². The molecular formula is C11H20OS. The molecule has 2 aliphatic rings.